The van der Waals surface area contributed by atoms with Crippen molar-refractivity contribution in [1.82, 2.24) is 0 Å². The van der Waals surface area contributed by atoms with Crippen LogP contribution >= 0.6 is 0 Å². The first-order chi connectivity index (χ1) is 17.2. The van der Waals surface area contributed by atoms with Crippen molar-refractivity contribution >= 4 is 27.6 Å². The average molecular weight is 514 g/mol. The average Bonchev–Trinajstić information content (AvgIpc) is 2.83. The Balaban J connectivity index is 0.000000840. The number of esters is 1. The standard InChI is InChI=1S/C28H27O3S.CHF3/c1-28(2,3)31-26(29)20-30-25-19-18-21-12-10-11-17-24(21)27(25)32(22-13-6-4-7-14-22)23-15-8-5-9-16-23;2-1(3)4/h4-19H,20H2,1-3H3;1H/q+1;. The molecule has 0 N–H and O–H groups in total. The molecule has 0 aliphatic heterocycles. The number of carbonyl (C=O) groups excluding carboxylic acids is 1. The predicted octanol–water partition coefficient (Wildman–Crippen LogP) is 7.83. The molecular weight excluding hydrogens is 485 g/mol. The van der Waals surface area contributed by atoms with Gasteiger partial charge in [0.05, 0.1) is 0 Å². The van der Waals surface area contributed by atoms with Crippen molar-refractivity contribution in [2.45, 2.75) is 47.7 Å². The third-order valence-corrected chi connectivity index (χ3v) is 7.09. The molecule has 0 unspecified atom stereocenters. The van der Waals surface area contributed by atoms with E-state index in [0.717, 1.165) is 15.7 Å². The first-order valence-corrected chi connectivity index (χ1v) is 12.5. The molecule has 0 aliphatic rings. The molecule has 0 spiro atoms. The van der Waals surface area contributed by atoms with Crippen molar-refractivity contribution in [2.24, 2.45) is 0 Å². The van der Waals surface area contributed by atoms with E-state index in [1.165, 1.54) is 9.79 Å². The molecule has 0 fully saturated rings. The fourth-order valence-corrected chi connectivity index (χ4v) is 5.88. The molecule has 0 saturated carbocycles. The Morgan fingerprint density at radius 2 is 1.28 bits per heavy atom. The molecule has 36 heavy (non-hydrogen) atoms. The highest BCUT2D eigenvalue weighted by atomic mass is 32.2. The van der Waals surface area contributed by atoms with Gasteiger partial charge in [-0.3, -0.25) is 0 Å². The highest BCUT2D eigenvalue weighted by Gasteiger charge is 2.34. The Labute approximate surface area is 212 Å². The zero-order valence-electron chi connectivity index (χ0n) is 20.3. The summed E-state index contributed by atoms with van der Waals surface area (Å²) in [5.74, 6) is 0.321. The largest absolute Gasteiger partial charge is 0.477 e. The third kappa shape index (κ3) is 7.78. The molecule has 0 bridgehead atoms. The van der Waals surface area contributed by atoms with Crippen LogP contribution in [-0.2, 0) is 20.4 Å². The molecule has 0 aliphatic carbocycles. The van der Waals surface area contributed by atoms with Gasteiger partial charge in [-0.2, -0.15) is 13.2 Å². The SMILES string of the molecule is CC(C)(C)OC(=O)COc1ccc2ccccc2c1[S+](c1ccccc1)c1ccccc1.FC(F)F. The second-order valence-electron chi connectivity index (χ2n) is 8.67. The quantitative estimate of drug-likeness (QED) is 0.195. The molecule has 0 amide bonds. The molecule has 3 nitrogen and oxygen atoms in total. The molecule has 4 aromatic rings. The van der Waals surface area contributed by atoms with Crippen LogP contribution < -0.4 is 4.74 Å². The first-order valence-electron chi connectivity index (χ1n) is 11.3. The van der Waals surface area contributed by atoms with Gasteiger partial charge in [0.25, 0.3) is 0 Å². The Bertz CT molecular complexity index is 1220. The molecule has 4 aromatic carbocycles. The number of carbonyl (C=O) groups is 1. The summed E-state index contributed by atoms with van der Waals surface area (Å²) >= 11 is 0. The van der Waals surface area contributed by atoms with Crippen LogP contribution in [0.2, 0.25) is 0 Å². The summed E-state index contributed by atoms with van der Waals surface area (Å²) in [6.45, 7) is 1.76. The van der Waals surface area contributed by atoms with E-state index >= 15 is 0 Å². The smallest absolute Gasteiger partial charge is 0.379 e. The lowest BCUT2D eigenvalue weighted by molar-refractivity contribution is -0.157. The van der Waals surface area contributed by atoms with Crippen LogP contribution in [0, 0.1) is 0 Å². The number of fused-ring (bicyclic) bond motifs is 1. The maximum atomic E-state index is 12.4. The number of benzene rings is 4. The zero-order valence-corrected chi connectivity index (χ0v) is 21.1. The minimum atomic E-state index is -3.67. The van der Waals surface area contributed by atoms with E-state index in [1.807, 2.05) is 57.2 Å². The van der Waals surface area contributed by atoms with Gasteiger partial charge in [-0.25, -0.2) is 4.79 Å². The van der Waals surface area contributed by atoms with Gasteiger partial charge in [0.1, 0.15) is 16.5 Å². The van der Waals surface area contributed by atoms with Gasteiger partial charge in [0, 0.05) is 5.39 Å². The van der Waals surface area contributed by atoms with E-state index in [0.29, 0.717) is 5.75 Å². The number of halogens is 3. The first kappa shape index (κ1) is 27.1. The minimum absolute atomic E-state index is 0.136. The van der Waals surface area contributed by atoms with Crippen LogP contribution in [0.25, 0.3) is 10.8 Å². The monoisotopic (exact) mass is 513 g/mol. The lowest BCUT2D eigenvalue weighted by atomic mass is 10.1. The van der Waals surface area contributed by atoms with E-state index in [2.05, 4.69) is 60.7 Å². The highest BCUT2D eigenvalue weighted by Crippen LogP contribution is 2.41. The van der Waals surface area contributed by atoms with E-state index in [9.17, 15) is 18.0 Å². The van der Waals surface area contributed by atoms with Gasteiger partial charge >= 0.3 is 12.6 Å². The molecule has 4 rings (SSSR count). The maximum absolute atomic E-state index is 12.4. The zero-order chi connectivity index (χ0) is 26.1. The summed E-state index contributed by atoms with van der Waals surface area (Å²) in [5.41, 5.74) is -0.551. The van der Waals surface area contributed by atoms with Gasteiger partial charge in [-0.15, -0.1) is 0 Å². The summed E-state index contributed by atoms with van der Waals surface area (Å²) in [6, 6.07) is 33.2. The molecule has 7 heteroatoms. The second-order valence-corrected chi connectivity index (χ2v) is 10.6. The lowest BCUT2D eigenvalue weighted by Crippen LogP contribution is -2.27. The second kappa shape index (κ2) is 12.5. The summed E-state index contributed by atoms with van der Waals surface area (Å²) in [7, 11) is -0.412. The summed E-state index contributed by atoms with van der Waals surface area (Å²) in [4.78, 5) is 15.8. The molecule has 0 atom stereocenters. The van der Waals surface area contributed by atoms with Crippen molar-refractivity contribution in [3.8, 4) is 5.75 Å². The highest BCUT2D eigenvalue weighted by molar-refractivity contribution is 7.97. The number of ether oxygens (including phenoxy) is 2. The van der Waals surface area contributed by atoms with Crippen LogP contribution in [0.1, 0.15) is 20.8 Å². The van der Waals surface area contributed by atoms with Crippen LogP contribution in [-0.4, -0.2) is 24.9 Å². The third-order valence-electron chi connectivity index (χ3n) is 4.77. The fourth-order valence-electron chi connectivity index (χ4n) is 3.54. The van der Waals surface area contributed by atoms with Gasteiger partial charge in [0.2, 0.25) is 4.90 Å². The van der Waals surface area contributed by atoms with E-state index in [-0.39, 0.29) is 12.6 Å². The van der Waals surface area contributed by atoms with Crippen molar-refractivity contribution in [1.29, 1.82) is 0 Å². The van der Waals surface area contributed by atoms with Crippen LogP contribution in [0.15, 0.2) is 112 Å². The number of rotatable bonds is 6. The van der Waals surface area contributed by atoms with Crippen LogP contribution in [0.3, 0.4) is 0 Å². The van der Waals surface area contributed by atoms with Gasteiger partial charge in [0.15, 0.2) is 22.1 Å². The normalized spacial score (nSPS) is 11.2. The molecular formula is C29H28F3O3S+. The molecule has 0 heterocycles. The predicted molar refractivity (Wildman–Crippen MR) is 137 cm³/mol. The Kier molecular flexibility index (Phi) is 9.42. The molecule has 0 aromatic heterocycles. The molecule has 188 valence electrons. The number of hydrogen-bond acceptors (Lipinski definition) is 3. The maximum Gasteiger partial charge on any atom is 0.379 e. The number of hydrogen-bond donors (Lipinski definition) is 0. The number of alkyl halides is 3. The molecule has 0 saturated heterocycles. The Hall–Kier alpha value is -3.45. The summed E-state index contributed by atoms with van der Waals surface area (Å²) < 4.78 is 40.6. The Morgan fingerprint density at radius 3 is 1.81 bits per heavy atom. The van der Waals surface area contributed by atoms with Crippen molar-refractivity contribution < 1.29 is 27.4 Å². The fraction of sp³-hybridized carbons (Fsp3) is 0.207. The van der Waals surface area contributed by atoms with E-state index in [4.69, 9.17) is 9.47 Å². The molecule has 0 radical (unpaired) electrons. The van der Waals surface area contributed by atoms with Crippen molar-refractivity contribution in [3.05, 3.63) is 97.1 Å². The van der Waals surface area contributed by atoms with Gasteiger partial charge < -0.3 is 9.47 Å². The van der Waals surface area contributed by atoms with Crippen molar-refractivity contribution in [3.63, 3.8) is 0 Å². The summed E-state index contributed by atoms with van der Waals surface area (Å²) in [5, 5.41) is 2.25. The van der Waals surface area contributed by atoms with Crippen LogP contribution in [0.5, 0.6) is 5.75 Å². The topological polar surface area (TPSA) is 35.5 Å². The van der Waals surface area contributed by atoms with Crippen LogP contribution in [0.4, 0.5) is 13.2 Å². The minimum Gasteiger partial charge on any atom is -0.477 e. The van der Waals surface area contributed by atoms with Gasteiger partial charge in [-0.05, 0) is 62.6 Å². The lowest BCUT2D eigenvalue weighted by Gasteiger charge is -2.20. The Morgan fingerprint density at radius 1 is 0.778 bits per heavy atom. The van der Waals surface area contributed by atoms with E-state index in [1.54, 1.807) is 0 Å². The van der Waals surface area contributed by atoms with Gasteiger partial charge in [-0.1, -0.05) is 60.7 Å². The van der Waals surface area contributed by atoms with E-state index < -0.39 is 23.2 Å². The van der Waals surface area contributed by atoms with Crippen molar-refractivity contribution in [2.75, 3.05) is 6.61 Å². The summed E-state index contributed by atoms with van der Waals surface area (Å²) in [6.07, 6.45) is 0.